The molecule has 37 heavy (non-hydrogen) atoms. The summed E-state index contributed by atoms with van der Waals surface area (Å²) in [5, 5.41) is 11.7. The molecule has 1 atom stereocenters. The van der Waals surface area contributed by atoms with Gasteiger partial charge in [-0.15, -0.1) is 0 Å². The van der Waals surface area contributed by atoms with Gasteiger partial charge in [-0.1, -0.05) is 73.2 Å². The van der Waals surface area contributed by atoms with Crippen LogP contribution < -0.4 is 9.64 Å². The van der Waals surface area contributed by atoms with Gasteiger partial charge in [0.2, 0.25) is 0 Å². The van der Waals surface area contributed by atoms with Gasteiger partial charge in [-0.25, -0.2) is 4.98 Å². The summed E-state index contributed by atoms with van der Waals surface area (Å²) in [5.41, 5.74) is 4.17. The van der Waals surface area contributed by atoms with E-state index in [2.05, 4.69) is 13.0 Å². The lowest BCUT2D eigenvalue weighted by Crippen LogP contribution is -2.29. The van der Waals surface area contributed by atoms with Gasteiger partial charge < -0.3 is 9.84 Å². The first-order valence-corrected chi connectivity index (χ1v) is 13.2. The lowest BCUT2D eigenvalue weighted by molar-refractivity contribution is -0.132. The number of ketones is 1. The fourth-order valence-corrected chi connectivity index (χ4v) is 5.51. The minimum Gasteiger partial charge on any atom is -0.507 e. The maximum Gasteiger partial charge on any atom is 0.301 e. The van der Waals surface area contributed by atoms with Crippen molar-refractivity contribution in [3.8, 4) is 5.75 Å². The molecule has 1 fully saturated rings. The molecule has 5 rings (SSSR count). The number of carbonyl (C=O) groups excluding carboxylic acids is 2. The second-order valence-corrected chi connectivity index (χ2v) is 10.1. The first kappa shape index (κ1) is 24.7. The van der Waals surface area contributed by atoms with E-state index < -0.39 is 17.7 Å². The summed E-state index contributed by atoms with van der Waals surface area (Å²) < 4.78 is 6.67. The SMILES string of the molecule is CCCOc1ccc(C2/C(=C(\O)c3ccc(C)cc3)C(=O)C(=O)N2c2nc3ccc(CC)cc3s2)cc1. The summed E-state index contributed by atoms with van der Waals surface area (Å²) in [4.78, 5) is 33.0. The predicted molar refractivity (Wildman–Crippen MR) is 147 cm³/mol. The summed E-state index contributed by atoms with van der Waals surface area (Å²) in [6, 6.07) is 19.7. The highest BCUT2D eigenvalue weighted by atomic mass is 32.1. The Labute approximate surface area is 219 Å². The Morgan fingerprint density at radius 1 is 1.03 bits per heavy atom. The number of ether oxygens (including phenoxy) is 1. The topological polar surface area (TPSA) is 79.7 Å². The molecule has 7 heteroatoms. The highest BCUT2D eigenvalue weighted by molar-refractivity contribution is 7.22. The van der Waals surface area contributed by atoms with Crippen molar-refractivity contribution < 1.29 is 19.4 Å². The Hall–Kier alpha value is -3.97. The molecule has 0 saturated carbocycles. The average molecular weight is 513 g/mol. The van der Waals surface area contributed by atoms with Crippen LogP contribution in [0.25, 0.3) is 16.0 Å². The monoisotopic (exact) mass is 512 g/mol. The number of anilines is 1. The molecule has 1 N–H and O–H groups in total. The number of aliphatic hydroxyl groups is 1. The summed E-state index contributed by atoms with van der Waals surface area (Å²) in [6.45, 7) is 6.66. The van der Waals surface area contributed by atoms with E-state index in [0.717, 1.165) is 28.6 Å². The third-order valence-corrected chi connectivity index (χ3v) is 7.51. The Balaban J connectivity index is 1.66. The number of aliphatic hydroxyl groups excluding tert-OH is 1. The number of carbonyl (C=O) groups is 2. The highest BCUT2D eigenvalue weighted by Gasteiger charge is 2.48. The van der Waals surface area contributed by atoms with Crippen molar-refractivity contribution in [3.05, 3.63) is 94.6 Å². The maximum atomic E-state index is 13.5. The van der Waals surface area contributed by atoms with E-state index in [1.807, 2.05) is 62.4 Å². The van der Waals surface area contributed by atoms with Crippen LogP contribution in [0.2, 0.25) is 0 Å². The molecule has 1 aliphatic rings. The van der Waals surface area contributed by atoms with Crippen molar-refractivity contribution >= 4 is 44.1 Å². The van der Waals surface area contributed by atoms with Crippen molar-refractivity contribution in [1.29, 1.82) is 0 Å². The Bertz CT molecular complexity index is 1500. The minimum atomic E-state index is -0.826. The van der Waals surface area contributed by atoms with Crippen molar-refractivity contribution in [2.75, 3.05) is 11.5 Å². The predicted octanol–water partition coefficient (Wildman–Crippen LogP) is 6.58. The molecule has 1 saturated heterocycles. The van der Waals surface area contributed by atoms with E-state index in [1.54, 1.807) is 12.1 Å². The van der Waals surface area contributed by atoms with Gasteiger partial charge in [-0.3, -0.25) is 14.5 Å². The lowest BCUT2D eigenvalue weighted by Gasteiger charge is -2.23. The average Bonchev–Trinajstić information content (AvgIpc) is 3.45. The van der Waals surface area contributed by atoms with E-state index >= 15 is 0 Å². The number of nitrogens with zero attached hydrogens (tertiary/aromatic N) is 2. The molecule has 1 amide bonds. The highest BCUT2D eigenvalue weighted by Crippen LogP contribution is 2.44. The number of hydrogen-bond acceptors (Lipinski definition) is 6. The van der Waals surface area contributed by atoms with Crippen molar-refractivity contribution in [3.63, 3.8) is 0 Å². The number of aryl methyl sites for hydroxylation is 2. The van der Waals surface area contributed by atoms with Crippen LogP contribution in [0, 0.1) is 6.92 Å². The zero-order valence-electron chi connectivity index (χ0n) is 21.0. The molecule has 1 unspecified atom stereocenters. The van der Waals surface area contributed by atoms with Gasteiger partial charge in [-0.05, 0) is 55.2 Å². The number of aromatic nitrogens is 1. The maximum absolute atomic E-state index is 13.5. The second-order valence-electron chi connectivity index (χ2n) is 9.10. The fraction of sp³-hybridized carbons (Fsp3) is 0.233. The number of rotatable bonds is 7. The van der Waals surface area contributed by atoms with Gasteiger partial charge in [0.1, 0.15) is 11.5 Å². The lowest BCUT2D eigenvalue weighted by atomic mass is 9.95. The molecular weight excluding hydrogens is 484 g/mol. The largest absolute Gasteiger partial charge is 0.507 e. The molecule has 0 bridgehead atoms. The molecular formula is C30H28N2O4S. The number of Topliss-reactive ketones (excluding diaryl/α,β-unsaturated/α-hetero) is 1. The first-order chi connectivity index (χ1) is 17.9. The third-order valence-electron chi connectivity index (χ3n) is 6.49. The van der Waals surface area contributed by atoms with E-state index in [9.17, 15) is 14.7 Å². The second kappa shape index (κ2) is 10.2. The molecule has 188 valence electrons. The molecule has 4 aromatic rings. The third kappa shape index (κ3) is 4.62. The molecule has 0 aliphatic carbocycles. The van der Waals surface area contributed by atoms with E-state index in [-0.39, 0.29) is 11.3 Å². The van der Waals surface area contributed by atoms with Crippen LogP contribution in [0.3, 0.4) is 0 Å². The molecule has 3 aromatic carbocycles. The van der Waals surface area contributed by atoms with Crippen molar-refractivity contribution in [2.24, 2.45) is 0 Å². The molecule has 1 aromatic heterocycles. The van der Waals surface area contributed by atoms with Crippen LogP contribution in [0.4, 0.5) is 5.13 Å². The number of thiazole rings is 1. The van der Waals surface area contributed by atoms with E-state index in [1.165, 1.54) is 21.8 Å². The quantitative estimate of drug-likeness (QED) is 0.172. The summed E-state index contributed by atoms with van der Waals surface area (Å²) in [7, 11) is 0. The van der Waals surface area contributed by atoms with Crippen molar-refractivity contribution in [2.45, 2.75) is 39.7 Å². The Kier molecular flexibility index (Phi) is 6.80. The van der Waals surface area contributed by atoms with Crippen LogP contribution in [0.1, 0.15) is 48.6 Å². The Morgan fingerprint density at radius 2 is 1.76 bits per heavy atom. The first-order valence-electron chi connectivity index (χ1n) is 12.4. The molecule has 2 heterocycles. The standard InChI is InChI=1S/C30H28N2O4S/c1-4-16-36-22-13-11-20(12-14-22)26-25(27(33)21-9-6-18(3)7-10-21)28(34)29(35)32(26)30-31-23-15-8-19(5-2)17-24(23)37-30/h6-15,17,26,33H,4-5,16H2,1-3H3/b27-25+. The van der Waals surface area contributed by atoms with Gasteiger partial charge in [-0.2, -0.15) is 0 Å². The van der Waals surface area contributed by atoms with Gasteiger partial charge in [0.15, 0.2) is 5.13 Å². The molecule has 1 aliphatic heterocycles. The molecule has 0 radical (unpaired) electrons. The fourth-order valence-electron chi connectivity index (χ4n) is 4.46. The normalized spacial score (nSPS) is 17.1. The van der Waals surface area contributed by atoms with Crippen LogP contribution in [-0.2, 0) is 16.0 Å². The number of hydrogen-bond donors (Lipinski definition) is 1. The Morgan fingerprint density at radius 3 is 2.43 bits per heavy atom. The van der Waals surface area contributed by atoms with Crippen LogP contribution in [0.15, 0.2) is 72.3 Å². The minimum absolute atomic E-state index is 0.0459. The van der Waals surface area contributed by atoms with E-state index in [0.29, 0.717) is 28.6 Å². The summed E-state index contributed by atoms with van der Waals surface area (Å²) in [5.74, 6) is -0.942. The summed E-state index contributed by atoms with van der Waals surface area (Å²) >= 11 is 1.37. The van der Waals surface area contributed by atoms with Crippen molar-refractivity contribution in [1.82, 2.24) is 4.98 Å². The van der Waals surface area contributed by atoms with Gasteiger partial charge in [0, 0.05) is 5.56 Å². The summed E-state index contributed by atoms with van der Waals surface area (Å²) in [6.07, 6.45) is 1.77. The molecule has 6 nitrogen and oxygen atoms in total. The zero-order chi connectivity index (χ0) is 26.1. The van der Waals surface area contributed by atoms with Gasteiger partial charge in [0.25, 0.3) is 5.78 Å². The van der Waals surface area contributed by atoms with Crippen LogP contribution >= 0.6 is 11.3 Å². The van der Waals surface area contributed by atoms with Gasteiger partial charge in [0.05, 0.1) is 28.4 Å². The molecule has 0 spiro atoms. The van der Waals surface area contributed by atoms with E-state index in [4.69, 9.17) is 9.72 Å². The van der Waals surface area contributed by atoms with Gasteiger partial charge >= 0.3 is 5.91 Å². The smallest absolute Gasteiger partial charge is 0.301 e. The number of amides is 1. The number of fused-ring (bicyclic) bond motifs is 1. The number of benzene rings is 3. The van der Waals surface area contributed by atoms with Crippen LogP contribution in [0.5, 0.6) is 5.75 Å². The van der Waals surface area contributed by atoms with Crippen LogP contribution in [-0.4, -0.2) is 28.4 Å². The zero-order valence-corrected chi connectivity index (χ0v) is 21.8.